The van der Waals surface area contributed by atoms with E-state index in [2.05, 4.69) is 10.6 Å². The summed E-state index contributed by atoms with van der Waals surface area (Å²) in [6.07, 6.45) is 0. The zero-order chi connectivity index (χ0) is 20.9. The van der Waals surface area contributed by atoms with Crippen LogP contribution in [0, 0.1) is 0 Å². The van der Waals surface area contributed by atoms with Gasteiger partial charge in [0.2, 0.25) is 21.8 Å². The number of benzene rings is 2. The van der Waals surface area contributed by atoms with Crippen molar-refractivity contribution in [1.29, 1.82) is 0 Å². The van der Waals surface area contributed by atoms with Crippen molar-refractivity contribution in [3.8, 4) is 5.75 Å². The molecule has 0 saturated heterocycles. The maximum Gasteiger partial charge on any atom is 0.241 e. The molecule has 2 aromatic carbocycles. The lowest BCUT2D eigenvalue weighted by atomic mass is 10.3. The zero-order valence-electron chi connectivity index (χ0n) is 15.6. The van der Waals surface area contributed by atoms with Crippen LogP contribution in [0.5, 0.6) is 5.75 Å². The number of hydrogen-bond acceptors (Lipinski definition) is 6. The van der Waals surface area contributed by atoms with Crippen molar-refractivity contribution in [1.82, 2.24) is 0 Å². The number of sulfonamides is 1. The standard InChI is InChI=1S/C18H21N3O5S2/c1-11(27-15-7-4-13(5-8-15)20-12(2)22)18(23)21-14-6-9-16(26-3)17(10-14)28(19,24)25/h4-11H,1-3H3,(H,20,22)(H,21,23)(H2,19,24,25). The fourth-order valence-electron chi connectivity index (χ4n) is 2.30. The smallest absolute Gasteiger partial charge is 0.241 e. The van der Waals surface area contributed by atoms with Gasteiger partial charge in [0.15, 0.2) is 0 Å². The van der Waals surface area contributed by atoms with Crippen molar-refractivity contribution in [2.24, 2.45) is 5.14 Å². The van der Waals surface area contributed by atoms with Crippen molar-refractivity contribution < 1.29 is 22.7 Å². The maximum atomic E-state index is 12.4. The first-order valence-corrected chi connectivity index (χ1v) is 10.6. The van der Waals surface area contributed by atoms with E-state index >= 15 is 0 Å². The Hall–Kier alpha value is -2.56. The largest absolute Gasteiger partial charge is 0.495 e. The van der Waals surface area contributed by atoms with Crippen molar-refractivity contribution in [2.45, 2.75) is 28.9 Å². The van der Waals surface area contributed by atoms with Crippen LogP contribution in [0.4, 0.5) is 11.4 Å². The molecule has 0 fully saturated rings. The van der Waals surface area contributed by atoms with E-state index in [0.717, 1.165) is 4.90 Å². The molecule has 2 amide bonds. The van der Waals surface area contributed by atoms with Gasteiger partial charge in [0.25, 0.3) is 0 Å². The second-order valence-electron chi connectivity index (χ2n) is 5.87. The first kappa shape index (κ1) is 21.7. The molecule has 28 heavy (non-hydrogen) atoms. The van der Waals surface area contributed by atoms with Gasteiger partial charge in [-0.05, 0) is 49.4 Å². The summed E-state index contributed by atoms with van der Waals surface area (Å²) < 4.78 is 28.3. The Kier molecular flexibility index (Phi) is 7.05. The normalized spacial score (nSPS) is 12.1. The molecule has 0 aliphatic carbocycles. The van der Waals surface area contributed by atoms with Crippen LogP contribution in [0.3, 0.4) is 0 Å². The number of methoxy groups -OCH3 is 1. The second kappa shape index (κ2) is 9.09. The fourth-order valence-corrected chi connectivity index (χ4v) is 3.89. The van der Waals surface area contributed by atoms with Crippen LogP contribution < -0.4 is 20.5 Å². The summed E-state index contributed by atoms with van der Waals surface area (Å²) in [5.41, 5.74) is 0.964. The van der Waals surface area contributed by atoms with Crippen LogP contribution in [-0.2, 0) is 19.6 Å². The van der Waals surface area contributed by atoms with Crippen molar-refractivity contribution in [3.05, 3.63) is 42.5 Å². The number of nitrogens with two attached hydrogens (primary N) is 1. The summed E-state index contributed by atoms with van der Waals surface area (Å²) >= 11 is 1.32. The molecule has 150 valence electrons. The van der Waals surface area contributed by atoms with E-state index in [4.69, 9.17) is 9.88 Å². The number of nitrogens with one attached hydrogen (secondary N) is 2. The molecule has 10 heteroatoms. The third-order valence-electron chi connectivity index (χ3n) is 3.59. The number of carbonyl (C=O) groups excluding carboxylic acids is 2. The molecule has 0 aromatic heterocycles. The highest BCUT2D eigenvalue weighted by molar-refractivity contribution is 8.00. The third-order valence-corrected chi connectivity index (χ3v) is 5.64. The molecule has 4 N–H and O–H groups in total. The van der Waals surface area contributed by atoms with Crippen molar-refractivity contribution in [3.63, 3.8) is 0 Å². The predicted octanol–water partition coefficient (Wildman–Crippen LogP) is 2.42. The fraction of sp³-hybridized carbons (Fsp3) is 0.222. The molecule has 0 spiro atoms. The quantitative estimate of drug-likeness (QED) is 0.587. The lowest BCUT2D eigenvalue weighted by Crippen LogP contribution is -2.22. The molecule has 0 heterocycles. The summed E-state index contributed by atoms with van der Waals surface area (Å²) in [4.78, 5) is 24.1. The van der Waals surface area contributed by atoms with Crippen molar-refractivity contribution in [2.75, 3.05) is 17.7 Å². The van der Waals surface area contributed by atoms with Crippen LogP contribution in [-0.4, -0.2) is 32.6 Å². The molecular formula is C18H21N3O5S2. The lowest BCUT2D eigenvalue weighted by molar-refractivity contribution is -0.115. The van der Waals surface area contributed by atoms with Crippen molar-refractivity contribution >= 4 is 45.0 Å². The van der Waals surface area contributed by atoms with Gasteiger partial charge in [-0.1, -0.05) is 0 Å². The summed E-state index contributed by atoms with van der Waals surface area (Å²) in [6.45, 7) is 3.15. The van der Waals surface area contributed by atoms with E-state index in [1.165, 1.54) is 44.0 Å². The number of carbonyl (C=O) groups is 2. The van der Waals surface area contributed by atoms with Gasteiger partial charge in [0, 0.05) is 23.2 Å². The number of ether oxygens (including phenoxy) is 1. The molecule has 0 bridgehead atoms. The van der Waals surface area contributed by atoms with Gasteiger partial charge in [-0.15, -0.1) is 11.8 Å². The number of thioether (sulfide) groups is 1. The molecule has 1 unspecified atom stereocenters. The highest BCUT2D eigenvalue weighted by Crippen LogP contribution is 2.28. The predicted molar refractivity (Wildman–Crippen MR) is 109 cm³/mol. The molecule has 0 aliphatic heterocycles. The topological polar surface area (TPSA) is 128 Å². The first-order valence-electron chi connectivity index (χ1n) is 8.16. The van der Waals surface area contributed by atoms with E-state index in [-0.39, 0.29) is 22.5 Å². The summed E-state index contributed by atoms with van der Waals surface area (Å²) in [5.74, 6) is -0.366. The van der Waals surface area contributed by atoms with Crippen LogP contribution in [0.15, 0.2) is 52.3 Å². The number of primary sulfonamides is 1. The van der Waals surface area contributed by atoms with Crippen LogP contribution >= 0.6 is 11.8 Å². The lowest BCUT2D eigenvalue weighted by Gasteiger charge is -2.14. The Morgan fingerprint density at radius 1 is 1.07 bits per heavy atom. The highest BCUT2D eigenvalue weighted by Gasteiger charge is 2.19. The number of anilines is 2. The Morgan fingerprint density at radius 3 is 2.21 bits per heavy atom. The maximum absolute atomic E-state index is 12.4. The first-order chi connectivity index (χ1) is 13.1. The molecular weight excluding hydrogens is 402 g/mol. The molecule has 2 rings (SSSR count). The van der Waals surface area contributed by atoms with E-state index in [0.29, 0.717) is 11.4 Å². The zero-order valence-corrected chi connectivity index (χ0v) is 17.2. The van der Waals surface area contributed by atoms with Gasteiger partial charge >= 0.3 is 0 Å². The number of hydrogen-bond donors (Lipinski definition) is 3. The average Bonchev–Trinajstić information content (AvgIpc) is 2.62. The Balaban J connectivity index is 2.07. The van der Waals surface area contributed by atoms with Crippen LogP contribution in [0.2, 0.25) is 0 Å². The van der Waals surface area contributed by atoms with Crippen LogP contribution in [0.1, 0.15) is 13.8 Å². The highest BCUT2D eigenvalue weighted by atomic mass is 32.2. The van der Waals surface area contributed by atoms with Gasteiger partial charge in [-0.2, -0.15) is 0 Å². The monoisotopic (exact) mass is 423 g/mol. The average molecular weight is 424 g/mol. The van der Waals surface area contributed by atoms with E-state index < -0.39 is 15.3 Å². The molecule has 0 radical (unpaired) electrons. The molecule has 0 saturated carbocycles. The molecule has 2 aromatic rings. The molecule has 0 aliphatic rings. The second-order valence-corrected chi connectivity index (χ2v) is 8.81. The minimum Gasteiger partial charge on any atom is -0.495 e. The minimum atomic E-state index is -4.00. The Labute approximate surface area is 167 Å². The summed E-state index contributed by atoms with van der Waals surface area (Å²) in [7, 11) is -2.67. The number of rotatable bonds is 7. The SMILES string of the molecule is COc1ccc(NC(=O)C(C)Sc2ccc(NC(C)=O)cc2)cc1S(N)(=O)=O. The third kappa shape index (κ3) is 5.98. The molecule has 8 nitrogen and oxygen atoms in total. The Bertz CT molecular complexity index is 975. The minimum absolute atomic E-state index is 0.0992. The Morgan fingerprint density at radius 2 is 1.68 bits per heavy atom. The van der Waals surface area contributed by atoms with Crippen LogP contribution in [0.25, 0.3) is 0 Å². The summed E-state index contributed by atoms with van der Waals surface area (Å²) in [5, 5.41) is 10.1. The summed E-state index contributed by atoms with van der Waals surface area (Å²) in [6, 6.07) is 11.3. The number of amides is 2. The van der Waals surface area contributed by atoms with Gasteiger partial charge < -0.3 is 15.4 Å². The molecule has 1 atom stereocenters. The van der Waals surface area contributed by atoms with E-state index in [1.807, 2.05) is 0 Å². The van der Waals surface area contributed by atoms with E-state index in [1.54, 1.807) is 31.2 Å². The van der Waals surface area contributed by atoms with Gasteiger partial charge in [-0.3, -0.25) is 9.59 Å². The van der Waals surface area contributed by atoms with E-state index in [9.17, 15) is 18.0 Å². The van der Waals surface area contributed by atoms with Gasteiger partial charge in [-0.25, -0.2) is 13.6 Å². The van der Waals surface area contributed by atoms with Gasteiger partial charge in [0.1, 0.15) is 10.6 Å². The van der Waals surface area contributed by atoms with Gasteiger partial charge in [0.05, 0.1) is 12.4 Å².